The van der Waals surface area contributed by atoms with E-state index in [1.165, 1.54) is 16.1 Å². The summed E-state index contributed by atoms with van der Waals surface area (Å²) >= 11 is 3.29. The molecule has 0 aliphatic carbocycles. The lowest BCUT2D eigenvalue weighted by molar-refractivity contribution is 0.276. The van der Waals surface area contributed by atoms with Gasteiger partial charge < -0.3 is 5.11 Å². The van der Waals surface area contributed by atoms with Crippen molar-refractivity contribution in [1.82, 2.24) is 3.97 Å². The van der Waals surface area contributed by atoms with Gasteiger partial charge in [-0.3, -0.25) is 0 Å². The van der Waals surface area contributed by atoms with Gasteiger partial charge in [0.2, 0.25) is 0 Å². The van der Waals surface area contributed by atoms with Crippen LogP contribution in [0.2, 0.25) is 0 Å². The largest absolute Gasteiger partial charge is 0.390 e. The molecule has 1 heterocycles. The van der Waals surface area contributed by atoms with Crippen molar-refractivity contribution in [2.75, 3.05) is 0 Å². The van der Waals surface area contributed by atoms with E-state index < -0.39 is 10.0 Å². The van der Waals surface area contributed by atoms with E-state index >= 15 is 0 Å². The van der Waals surface area contributed by atoms with Gasteiger partial charge in [0.05, 0.1) is 22.7 Å². The van der Waals surface area contributed by atoms with Gasteiger partial charge in [0.1, 0.15) is 0 Å². The van der Waals surface area contributed by atoms with Gasteiger partial charge in [-0.1, -0.05) is 34.1 Å². The third-order valence-electron chi connectivity index (χ3n) is 3.25. The Balaban J connectivity index is 2.30. The zero-order chi connectivity index (χ0) is 15.0. The van der Waals surface area contributed by atoms with Crippen LogP contribution in [-0.2, 0) is 16.6 Å². The number of nitrogens with zero attached hydrogens (tertiary/aromatic N) is 1. The summed E-state index contributed by atoms with van der Waals surface area (Å²) in [5.41, 5.74) is 0.906. The fraction of sp³-hybridized carbons (Fsp3) is 0.0667. The van der Waals surface area contributed by atoms with Gasteiger partial charge in [-0.2, -0.15) is 0 Å². The second kappa shape index (κ2) is 5.29. The summed E-state index contributed by atoms with van der Waals surface area (Å²) < 4.78 is 27.7. The second-order valence-electron chi connectivity index (χ2n) is 4.58. The highest BCUT2D eigenvalue weighted by Crippen LogP contribution is 2.26. The molecule has 21 heavy (non-hydrogen) atoms. The zero-order valence-electron chi connectivity index (χ0n) is 10.9. The highest BCUT2D eigenvalue weighted by Gasteiger charge is 2.22. The van der Waals surface area contributed by atoms with Gasteiger partial charge in [0.15, 0.2) is 0 Å². The Kier molecular flexibility index (Phi) is 3.61. The van der Waals surface area contributed by atoms with Crippen LogP contribution in [0.3, 0.4) is 0 Å². The summed E-state index contributed by atoms with van der Waals surface area (Å²) in [6.07, 6.45) is 0. The third kappa shape index (κ3) is 2.39. The van der Waals surface area contributed by atoms with Crippen LogP contribution in [0.1, 0.15) is 5.69 Å². The van der Waals surface area contributed by atoms with Gasteiger partial charge in [-0.15, -0.1) is 0 Å². The molecule has 108 valence electrons. The predicted octanol–water partition coefficient (Wildman–Crippen LogP) is 3.13. The molecule has 1 aromatic heterocycles. The molecule has 4 nitrogen and oxygen atoms in total. The van der Waals surface area contributed by atoms with E-state index in [4.69, 9.17) is 0 Å². The average molecular weight is 366 g/mol. The van der Waals surface area contributed by atoms with Gasteiger partial charge in [0.25, 0.3) is 10.0 Å². The molecular weight excluding hydrogens is 354 g/mol. The lowest BCUT2D eigenvalue weighted by Gasteiger charge is -2.11. The summed E-state index contributed by atoms with van der Waals surface area (Å²) in [5, 5.41) is 10.3. The number of benzene rings is 2. The molecule has 1 N–H and O–H groups in total. The number of rotatable bonds is 3. The standard InChI is InChI=1S/C15H12BrNO3S/c16-12-5-7-14(8-6-12)21(19,20)17-13(10-18)9-11-3-1-2-4-15(11)17/h1-9,18H,10H2. The lowest BCUT2D eigenvalue weighted by Crippen LogP contribution is -2.15. The summed E-state index contributed by atoms with van der Waals surface area (Å²) in [6.45, 7) is -0.343. The molecule has 0 unspecified atom stereocenters. The van der Waals surface area contributed by atoms with Gasteiger partial charge >= 0.3 is 0 Å². The summed E-state index contributed by atoms with van der Waals surface area (Å²) in [4.78, 5) is 0.182. The minimum atomic E-state index is -3.75. The van der Waals surface area contributed by atoms with E-state index in [-0.39, 0.29) is 11.5 Å². The van der Waals surface area contributed by atoms with Crippen molar-refractivity contribution in [2.24, 2.45) is 0 Å². The molecule has 0 saturated carbocycles. The second-order valence-corrected chi connectivity index (χ2v) is 7.28. The monoisotopic (exact) mass is 365 g/mol. The van der Waals surface area contributed by atoms with Crippen molar-refractivity contribution in [3.05, 3.63) is 64.8 Å². The maximum atomic E-state index is 12.8. The molecular formula is C15H12BrNO3S. The number of halogens is 1. The van der Waals surface area contributed by atoms with Gasteiger partial charge in [-0.05, 0) is 36.4 Å². The Labute approximate surface area is 130 Å². The van der Waals surface area contributed by atoms with Crippen LogP contribution in [-0.4, -0.2) is 17.5 Å². The molecule has 0 spiro atoms. The van der Waals surface area contributed by atoms with Crippen molar-refractivity contribution in [3.63, 3.8) is 0 Å². The maximum absolute atomic E-state index is 12.8. The van der Waals surface area contributed by atoms with Crippen LogP contribution >= 0.6 is 15.9 Å². The molecule has 0 amide bonds. The molecule has 3 rings (SSSR count). The summed E-state index contributed by atoms with van der Waals surface area (Å²) in [6, 6.07) is 15.3. The van der Waals surface area contributed by atoms with E-state index in [9.17, 15) is 13.5 Å². The maximum Gasteiger partial charge on any atom is 0.268 e. The topological polar surface area (TPSA) is 59.3 Å². The Morgan fingerprint density at radius 2 is 1.71 bits per heavy atom. The first-order valence-corrected chi connectivity index (χ1v) is 8.49. The Bertz CT molecular complexity index is 898. The van der Waals surface area contributed by atoms with Crippen molar-refractivity contribution in [2.45, 2.75) is 11.5 Å². The SMILES string of the molecule is O=S(=O)(c1ccc(Br)cc1)n1c(CO)cc2ccccc21. The van der Waals surface area contributed by atoms with Crippen LogP contribution < -0.4 is 0 Å². The van der Waals surface area contributed by atoms with Crippen molar-refractivity contribution >= 4 is 36.9 Å². The van der Waals surface area contributed by atoms with Gasteiger partial charge in [-0.25, -0.2) is 12.4 Å². The molecule has 0 aliphatic rings. The molecule has 3 aromatic rings. The summed E-state index contributed by atoms with van der Waals surface area (Å²) in [7, 11) is -3.75. The Morgan fingerprint density at radius 3 is 2.38 bits per heavy atom. The van der Waals surface area contributed by atoms with E-state index in [1.54, 1.807) is 30.3 Å². The number of aliphatic hydroxyl groups is 1. The van der Waals surface area contributed by atoms with Crippen molar-refractivity contribution < 1.29 is 13.5 Å². The third-order valence-corrected chi connectivity index (χ3v) is 5.56. The molecule has 6 heteroatoms. The van der Waals surface area contributed by atoms with Crippen LogP contribution in [0, 0.1) is 0 Å². The molecule has 0 atom stereocenters. The summed E-state index contributed by atoms with van der Waals surface area (Å²) in [5.74, 6) is 0. The molecule has 0 fully saturated rings. The van der Waals surface area contributed by atoms with Crippen LogP contribution in [0.25, 0.3) is 10.9 Å². The van der Waals surface area contributed by atoms with Gasteiger partial charge in [0, 0.05) is 9.86 Å². The molecule has 0 bridgehead atoms. The fourth-order valence-corrected chi connectivity index (χ4v) is 4.09. The van der Waals surface area contributed by atoms with E-state index in [0.717, 1.165) is 9.86 Å². The normalized spacial score (nSPS) is 11.9. The van der Waals surface area contributed by atoms with Crippen LogP contribution in [0.15, 0.2) is 64.0 Å². The Morgan fingerprint density at radius 1 is 1.05 bits per heavy atom. The van der Waals surface area contributed by atoms with E-state index in [2.05, 4.69) is 15.9 Å². The quantitative estimate of drug-likeness (QED) is 0.775. The molecule has 0 aliphatic heterocycles. The Hall–Kier alpha value is -1.63. The van der Waals surface area contributed by atoms with E-state index in [0.29, 0.717) is 11.2 Å². The first kappa shape index (κ1) is 14.3. The first-order valence-electron chi connectivity index (χ1n) is 6.25. The molecule has 0 radical (unpaired) electrons. The van der Waals surface area contributed by atoms with Crippen molar-refractivity contribution in [1.29, 1.82) is 0 Å². The minimum absolute atomic E-state index is 0.182. The molecule has 2 aromatic carbocycles. The van der Waals surface area contributed by atoms with E-state index in [1.807, 2.05) is 12.1 Å². The number of aromatic nitrogens is 1. The number of hydrogen-bond donors (Lipinski definition) is 1. The first-order chi connectivity index (χ1) is 10.0. The highest BCUT2D eigenvalue weighted by atomic mass is 79.9. The fourth-order valence-electron chi connectivity index (χ4n) is 2.29. The smallest absolute Gasteiger partial charge is 0.268 e. The minimum Gasteiger partial charge on any atom is -0.390 e. The highest BCUT2D eigenvalue weighted by molar-refractivity contribution is 9.10. The number of aliphatic hydroxyl groups excluding tert-OH is 1. The molecule has 0 saturated heterocycles. The van der Waals surface area contributed by atoms with Crippen LogP contribution in [0.4, 0.5) is 0 Å². The van der Waals surface area contributed by atoms with Crippen molar-refractivity contribution in [3.8, 4) is 0 Å². The predicted molar refractivity (Wildman–Crippen MR) is 84.6 cm³/mol. The lowest BCUT2D eigenvalue weighted by atomic mass is 10.2. The average Bonchev–Trinajstić information content (AvgIpc) is 2.87. The number of para-hydroxylation sites is 1. The number of fused-ring (bicyclic) bond motifs is 1. The zero-order valence-corrected chi connectivity index (χ0v) is 13.3. The number of hydrogen-bond acceptors (Lipinski definition) is 3. The van der Waals surface area contributed by atoms with Crippen LogP contribution in [0.5, 0.6) is 0 Å².